The van der Waals surface area contributed by atoms with Crippen LogP contribution in [0.5, 0.6) is 0 Å². The highest BCUT2D eigenvalue weighted by Gasteiger charge is 2.43. The van der Waals surface area contributed by atoms with E-state index in [1.165, 1.54) is 0 Å². The van der Waals surface area contributed by atoms with Gasteiger partial charge in [-0.15, -0.1) is 0 Å². The molecule has 1 aromatic rings. The molecule has 4 aliphatic rings. The van der Waals surface area contributed by atoms with Crippen LogP contribution in [0.25, 0.3) is 0 Å². The maximum absolute atomic E-state index is 13.4. The minimum Gasteiger partial charge on any atom is -0.444 e. The van der Waals surface area contributed by atoms with Gasteiger partial charge in [-0.25, -0.2) is 23.4 Å². The van der Waals surface area contributed by atoms with Crippen LogP contribution in [0.1, 0.15) is 70.6 Å². The van der Waals surface area contributed by atoms with E-state index in [-0.39, 0.29) is 43.1 Å². The van der Waals surface area contributed by atoms with Gasteiger partial charge in [0.25, 0.3) is 0 Å². The average Bonchev–Trinajstić information content (AvgIpc) is 3.31. The van der Waals surface area contributed by atoms with Gasteiger partial charge in [0.05, 0.1) is 12.2 Å². The number of urea groups is 1. The van der Waals surface area contributed by atoms with Crippen molar-refractivity contribution >= 4 is 17.9 Å². The molecule has 192 valence electrons. The molecule has 0 spiro atoms. The van der Waals surface area contributed by atoms with Crippen molar-refractivity contribution in [3.63, 3.8) is 0 Å². The first-order valence-corrected chi connectivity index (χ1v) is 12.7. The highest BCUT2D eigenvalue weighted by molar-refractivity contribution is 5.75. The van der Waals surface area contributed by atoms with E-state index in [0.717, 1.165) is 29.9 Å². The van der Waals surface area contributed by atoms with Crippen molar-refractivity contribution in [2.24, 2.45) is 0 Å². The predicted molar refractivity (Wildman–Crippen MR) is 126 cm³/mol. The van der Waals surface area contributed by atoms with E-state index in [0.29, 0.717) is 39.0 Å². The Morgan fingerprint density at radius 1 is 1.03 bits per heavy atom. The SMILES string of the molecule is CC(C)(C)OC(=O)N1CC2CCC(C1)N2c1ccc2c(n1)CN(C(=O)NC1CCC(F)(F)CC1)C2. The summed E-state index contributed by atoms with van der Waals surface area (Å²) in [6, 6.07) is 4.01. The van der Waals surface area contributed by atoms with E-state index >= 15 is 0 Å². The Morgan fingerprint density at radius 3 is 2.31 bits per heavy atom. The lowest BCUT2D eigenvalue weighted by molar-refractivity contribution is -0.0398. The highest BCUT2D eigenvalue weighted by Crippen LogP contribution is 2.36. The zero-order chi connectivity index (χ0) is 25.0. The number of amides is 3. The first kappa shape index (κ1) is 24.1. The molecule has 8 nitrogen and oxygen atoms in total. The topological polar surface area (TPSA) is 78.0 Å². The molecular formula is C25H35F2N5O3. The average molecular weight is 492 g/mol. The third-order valence-corrected chi connectivity index (χ3v) is 7.49. The van der Waals surface area contributed by atoms with Gasteiger partial charge in [-0.2, -0.15) is 0 Å². The number of hydrogen-bond acceptors (Lipinski definition) is 5. The van der Waals surface area contributed by atoms with Crippen LogP contribution in [0.4, 0.5) is 24.2 Å². The number of carbonyl (C=O) groups is 2. The molecule has 3 amide bonds. The summed E-state index contributed by atoms with van der Waals surface area (Å²) in [7, 11) is 0. The number of nitrogens with one attached hydrogen (secondary N) is 1. The molecule has 0 aromatic carbocycles. The molecule has 0 radical (unpaired) electrons. The van der Waals surface area contributed by atoms with E-state index in [9.17, 15) is 18.4 Å². The monoisotopic (exact) mass is 491 g/mol. The van der Waals surface area contributed by atoms with Gasteiger partial charge < -0.3 is 24.8 Å². The van der Waals surface area contributed by atoms with Gasteiger partial charge in [0, 0.05) is 50.6 Å². The number of likely N-dealkylation sites (tertiary alicyclic amines) is 1. The fourth-order valence-corrected chi connectivity index (χ4v) is 5.73. The predicted octanol–water partition coefficient (Wildman–Crippen LogP) is 4.27. The number of hydrogen-bond donors (Lipinski definition) is 1. The Balaban J connectivity index is 1.20. The number of halogens is 2. The van der Waals surface area contributed by atoms with Crippen molar-refractivity contribution < 1.29 is 23.1 Å². The summed E-state index contributed by atoms with van der Waals surface area (Å²) in [5.74, 6) is -1.72. The molecule has 10 heteroatoms. The Hall–Kier alpha value is -2.65. The fraction of sp³-hybridized carbons (Fsp3) is 0.720. The maximum atomic E-state index is 13.4. The first-order valence-electron chi connectivity index (χ1n) is 12.7. The first-order chi connectivity index (χ1) is 16.5. The summed E-state index contributed by atoms with van der Waals surface area (Å²) < 4.78 is 32.4. The van der Waals surface area contributed by atoms with Crippen molar-refractivity contribution in [3.8, 4) is 0 Å². The van der Waals surface area contributed by atoms with Crippen molar-refractivity contribution in [2.75, 3.05) is 18.0 Å². The molecule has 3 fully saturated rings. The van der Waals surface area contributed by atoms with Crippen molar-refractivity contribution in [1.82, 2.24) is 20.1 Å². The molecule has 3 aliphatic heterocycles. The van der Waals surface area contributed by atoms with Crippen LogP contribution in [0, 0.1) is 0 Å². The summed E-state index contributed by atoms with van der Waals surface area (Å²) in [5, 5.41) is 2.93. The van der Waals surface area contributed by atoms with Gasteiger partial charge in [-0.3, -0.25) is 0 Å². The third kappa shape index (κ3) is 5.16. The second kappa shape index (κ2) is 8.78. The smallest absolute Gasteiger partial charge is 0.410 e. The van der Waals surface area contributed by atoms with Crippen molar-refractivity contribution in [3.05, 3.63) is 23.4 Å². The molecule has 1 aromatic heterocycles. The number of ether oxygens (including phenoxy) is 1. The second-order valence-electron chi connectivity index (χ2n) is 11.4. The molecule has 4 heterocycles. The molecule has 1 saturated carbocycles. The van der Waals surface area contributed by atoms with Crippen LogP contribution in [-0.2, 0) is 17.8 Å². The van der Waals surface area contributed by atoms with Crippen molar-refractivity contribution in [2.45, 2.75) is 102 Å². The van der Waals surface area contributed by atoms with Gasteiger partial charge in [0.2, 0.25) is 5.92 Å². The molecule has 2 unspecified atom stereocenters. The molecule has 35 heavy (non-hydrogen) atoms. The molecule has 2 bridgehead atoms. The van der Waals surface area contributed by atoms with Crippen LogP contribution >= 0.6 is 0 Å². The summed E-state index contributed by atoms with van der Waals surface area (Å²) in [6.07, 6.45) is 1.99. The molecule has 5 rings (SSSR count). The molecule has 1 N–H and O–H groups in total. The van der Waals surface area contributed by atoms with Crippen LogP contribution in [0.2, 0.25) is 0 Å². The molecule has 1 aliphatic carbocycles. The van der Waals surface area contributed by atoms with Gasteiger partial charge in [-0.05, 0) is 58.1 Å². The quantitative estimate of drug-likeness (QED) is 0.669. The number of anilines is 1. The minimum atomic E-state index is -2.61. The molecular weight excluding hydrogens is 456 g/mol. The summed E-state index contributed by atoms with van der Waals surface area (Å²) in [6.45, 7) is 7.73. The second-order valence-corrected chi connectivity index (χ2v) is 11.4. The zero-order valence-electron chi connectivity index (χ0n) is 20.7. The summed E-state index contributed by atoms with van der Waals surface area (Å²) in [4.78, 5) is 36.1. The van der Waals surface area contributed by atoms with Crippen LogP contribution < -0.4 is 10.2 Å². The number of piperazine rings is 1. The Kier molecular flexibility index (Phi) is 6.04. The van der Waals surface area contributed by atoms with E-state index in [1.807, 2.05) is 37.8 Å². The lowest BCUT2D eigenvalue weighted by atomic mass is 9.92. The molecule has 2 saturated heterocycles. The van der Waals surface area contributed by atoms with E-state index in [1.54, 1.807) is 4.90 Å². The third-order valence-electron chi connectivity index (χ3n) is 7.49. The van der Waals surface area contributed by atoms with Gasteiger partial charge in [0.15, 0.2) is 0 Å². The fourth-order valence-electron chi connectivity index (χ4n) is 5.73. The number of aromatic nitrogens is 1. The van der Waals surface area contributed by atoms with E-state index in [2.05, 4.69) is 10.2 Å². The number of carbonyl (C=O) groups excluding carboxylic acids is 2. The van der Waals surface area contributed by atoms with E-state index < -0.39 is 11.5 Å². The van der Waals surface area contributed by atoms with Crippen LogP contribution in [-0.4, -0.2) is 69.6 Å². The minimum absolute atomic E-state index is 0.174. The number of rotatable bonds is 2. The Morgan fingerprint density at radius 2 is 1.69 bits per heavy atom. The maximum Gasteiger partial charge on any atom is 0.410 e. The van der Waals surface area contributed by atoms with Gasteiger partial charge in [0.1, 0.15) is 11.4 Å². The van der Waals surface area contributed by atoms with Crippen molar-refractivity contribution in [1.29, 1.82) is 0 Å². The van der Waals surface area contributed by atoms with Gasteiger partial charge in [-0.1, -0.05) is 6.07 Å². The number of pyridine rings is 1. The number of nitrogens with zero attached hydrogens (tertiary/aromatic N) is 4. The summed E-state index contributed by atoms with van der Waals surface area (Å²) in [5.41, 5.74) is 1.37. The zero-order valence-corrected chi connectivity index (χ0v) is 20.7. The lowest BCUT2D eigenvalue weighted by Gasteiger charge is -2.42. The Bertz CT molecular complexity index is 974. The highest BCUT2D eigenvalue weighted by atomic mass is 19.3. The lowest BCUT2D eigenvalue weighted by Crippen LogP contribution is -2.56. The standard InChI is InChI=1S/C25H35F2N5O3/c1-24(2,3)35-23(34)31-13-18-5-6-19(14-31)32(18)21-7-4-16-12-30(15-20(16)29-21)22(33)28-17-8-10-25(26,27)11-9-17/h4,7,17-19H,5-6,8-15H2,1-3H3,(H,28,33). The number of alkyl halides is 2. The van der Waals surface area contributed by atoms with Gasteiger partial charge >= 0.3 is 12.1 Å². The van der Waals surface area contributed by atoms with Crippen LogP contribution in [0.3, 0.4) is 0 Å². The largest absolute Gasteiger partial charge is 0.444 e. The normalized spacial score (nSPS) is 26.0. The molecule has 2 atom stereocenters. The Labute approximate surface area is 205 Å². The number of fused-ring (bicyclic) bond motifs is 3. The summed E-state index contributed by atoms with van der Waals surface area (Å²) >= 11 is 0. The van der Waals surface area contributed by atoms with E-state index in [4.69, 9.17) is 9.72 Å². The van der Waals surface area contributed by atoms with Crippen LogP contribution in [0.15, 0.2) is 12.1 Å².